The van der Waals surface area contributed by atoms with E-state index in [-0.39, 0.29) is 18.7 Å². The number of nitrogens with zero attached hydrogens (tertiary/aromatic N) is 1. The van der Waals surface area contributed by atoms with E-state index in [0.29, 0.717) is 25.1 Å². The van der Waals surface area contributed by atoms with Crippen LogP contribution in [-0.2, 0) is 12.4 Å². The average molecular weight is 354 g/mol. The molecule has 0 aliphatic carbocycles. The van der Waals surface area contributed by atoms with Gasteiger partial charge in [-0.1, -0.05) is 0 Å². The SMILES string of the molecule is CNC1CCCN(C(=O)c2cc(C(F)(F)F)cc(C(F)(F)F)c2)C1. The van der Waals surface area contributed by atoms with Crippen molar-refractivity contribution >= 4 is 5.91 Å². The van der Waals surface area contributed by atoms with Crippen LogP contribution in [0, 0.1) is 0 Å². The summed E-state index contributed by atoms with van der Waals surface area (Å²) in [4.78, 5) is 13.7. The van der Waals surface area contributed by atoms with Crippen molar-refractivity contribution in [3.05, 3.63) is 34.9 Å². The topological polar surface area (TPSA) is 32.3 Å². The van der Waals surface area contributed by atoms with E-state index in [1.807, 2.05) is 0 Å². The Morgan fingerprint density at radius 3 is 2.08 bits per heavy atom. The van der Waals surface area contributed by atoms with Crippen LogP contribution in [0.1, 0.15) is 34.3 Å². The van der Waals surface area contributed by atoms with E-state index in [0.717, 1.165) is 6.42 Å². The Labute approximate surface area is 134 Å². The van der Waals surface area contributed by atoms with Gasteiger partial charge in [-0.25, -0.2) is 0 Å². The number of alkyl halides is 6. The van der Waals surface area contributed by atoms with Crippen molar-refractivity contribution < 1.29 is 31.1 Å². The lowest BCUT2D eigenvalue weighted by atomic mass is 10.0. The smallest absolute Gasteiger partial charge is 0.337 e. The van der Waals surface area contributed by atoms with Crippen LogP contribution in [0.2, 0.25) is 0 Å². The Kier molecular flexibility index (Phi) is 5.12. The minimum atomic E-state index is -4.97. The fourth-order valence-corrected chi connectivity index (χ4v) is 2.66. The molecule has 1 aromatic carbocycles. The number of hydrogen-bond donors (Lipinski definition) is 1. The molecule has 1 saturated heterocycles. The number of likely N-dealkylation sites (N-methyl/N-ethyl adjacent to an activating group) is 1. The number of benzene rings is 1. The van der Waals surface area contributed by atoms with Crippen molar-refractivity contribution in [3.63, 3.8) is 0 Å². The van der Waals surface area contributed by atoms with Crippen molar-refractivity contribution in [1.29, 1.82) is 0 Å². The Balaban J connectivity index is 2.39. The summed E-state index contributed by atoms with van der Waals surface area (Å²) in [6.45, 7) is 0.543. The summed E-state index contributed by atoms with van der Waals surface area (Å²) >= 11 is 0. The molecule has 1 unspecified atom stereocenters. The predicted octanol–water partition coefficient (Wildman–Crippen LogP) is 3.55. The molecular weight excluding hydrogens is 338 g/mol. The lowest BCUT2D eigenvalue weighted by molar-refractivity contribution is -0.143. The fraction of sp³-hybridized carbons (Fsp3) is 0.533. The Morgan fingerprint density at radius 1 is 1.08 bits per heavy atom. The van der Waals surface area contributed by atoms with Gasteiger partial charge in [0.1, 0.15) is 0 Å². The van der Waals surface area contributed by atoms with Gasteiger partial charge in [0.25, 0.3) is 5.91 Å². The normalized spacial score (nSPS) is 19.5. The van der Waals surface area contributed by atoms with Crippen LogP contribution in [0.25, 0.3) is 0 Å². The molecule has 1 aliphatic rings. The monoisotopic (exact) mass is 354 g/mol. The first-order chi connectivity index (χ1) is 11.0. The minimum Gasteiger partial charge on any atom is -0.337 e. The van der Waals surface area contributed by atoms with Gasteiger partial charge in [0.2, 0.25) is 0 Å². The first-order valence-corrected chi connectivity index (χ1v) is 7.28. The van der Waals surface area contributed by atoms with Crippen LogP contribution in [0.4, 0.5) is 26.3 Å². The summed E-state index contributed by atoms with van der Waals surface area (Å²) in [6, 6.07) is 0.931. The molecular formula is C15H16F6N2O. The van der Waals surface area contributed by atoms with Crippen LogP contribution in [0.15, 0.2) is 18.2 Å². The van der Waals surface area contributed by atoms with E-state index in [1.54, 1.807) is 7.05 Å². The van der Waals surface area contributed by atoms with Crippen molar-refractivity contribution in [2.24, 2.45) is 0 Å². The van der Waals surface area contributed by atoms with Gasteiger partial charge >= 0.3 is 12.4 Å². The van der Waals surface area contributed by atoms with E-state index >= 15 is 0 Å². The summed E-state index contributed by atoms with van der Waals surface area (Å²) in [5.74, 6) is -0.827. The van der Waals surface area contributed by atoms with Crippen LogP contribution in [0.3, 0.4) is 0 Å². The molecule has 1 atom stereocenters. The number of piperidine rings is 1. The first-order valence-electron chi connectivity index (χ1n) is 7.28. The highest BCUT2D eigenvalue weighted by Crippen LogP contribution is 2.36. The molecule has 1 aliphatic heterocycles. The van der Waals surface area contributed by atoms with E-state index in [1.165, 1.54) is 4.90 Å². The highest BCUT2D eigenvalue weighted by Gasteiger charge is 2.38. The third-order valence-corrected chi connectivity index (χ3v) is 3.95. The molecule has 0 radical (unpaired) electrons. The number of halogens is 6. The summed E-state index contributed by atoms with van der Waals surface area (Å²) in [5, 5.41) is 2.96. The average Bonchev–Trinajstić information content (AvgIpc) is 2.52. The number of hydrogen-bond acceptors (Lipinski definition) is 2. The summed E-state index contributed by atoms with van der Waals surface area (Å²) in [6.07, 6.45) is -8.52. The predicted molar refractivity (Wildman–Crippen MR) is 74.4 cm³/mol. The molecule has 134 valence electrons. The van der Waals surface area contributed by atoms with Crippen molar-refractivity contribution in [2.75, 3.05) is 20.1 Å². The second kappa shape index (κ2) is 6.62. The molecule has 9 heteroatoms. The number of likely N-dealkylation sites (tertiary alicyclic amines) is 1. The molecule has 0 aromatic heterocycles. The third kappa shape index (κ3) is 4.19. The Bertz CT molecular complexity index is 579. The zero-order valence-corrected chi connectivity index (χ0v) is 12.8. The minimum absolute atomic E-state index is 0.0172. The van der Waals surface area contributed by atoms with Crippen molar-refractivity contribution in [3.8, 4) is 0 Å². The molecule has 1 fully saturated rings. The Morgan fingerprint density at radius 2 is 1.62 bits per heavy atom. The van der Waals surface area contributed by atoms with E-state index < -0.39 is 35.0 Å². The molecule has 0 saturated carbocycles. The van der Waals surface area contributed by atoms with Crippen molar-refractivity contribution in [1.82, 2.24) is 10.2 Å². The van der Waals surface area contributed by atoms with Gasteiger partial charge in [-0.3, -0.25) is 4.79 Å². The lowest BCUT2D eigenvalue weighted by Crippen LogP contribution is -2.47. The summed E-state index contributed by atoms with van der Waals surface area (Å²) < 4.78 is 77.1. The molecule has 1 amide bonds. The summed E-state index contributed by atoms with van der Waals surface area (Å²) in [7, 11) is 1.69. The highest BCUT2D eigenvalue weighted by atomic mass is 19.4. The largest absolute Gasteiger partial charge is 0.416 e. The first kappa shape index (κ1) is 18.6. The van der Waals surface area contributed by atoms with Gasteiger partial charge in [0, 0.05) is 24.7 Å². The molecule has 1 aromatic rings. The second-order valence-electron chi connectivity index (χ2n) is 5.67. The molecule has 0 spiro atoms. The number of carbonyl (C=O) groups is 1. The van der Waals surface area contributed by atoms with Gasteiger partial charge < -0.3 is 10.2 Å². The zero-order chi connectivity index (χ0) is 18.1. The maximum Gasteiger partial charge on any atom is 0.416 e. The van der Waals surface area contributed by atoms with Crippen LogP contribution >= 0.6 is 0 Å². The van der Waals surface area contributed by atoms with Gasteiger partial charge in [-0.05, 0) is 38.1 Å². The van der Waals surface area contributed by atoms with Gasteiger partial charge in [-0.2, -0.15) is 26.3 Å². The van der Waals surface area contributed by atoms with E-state index in [9.17, 15) is 31.1 Å². The van der Waals surface area contributed by atoms with Gasteiger partial charge in [0.15, 0.2) is 0 Å². The number of carbonyl (C=O) groups excluding carboxylic acids is 1. The molecule has 3 nitrogen and oxygen atoms in total. The number of amides is 1. The molecule has 1 heterocycles. The van der Waals surface area contributed by atoms with Gasteiger partial charge in [0.05, 0.1) is 11.1 Å². The number of nitrogens with one attached hydrogen (secondary N) is 1. The standard InChI is InChI=1S/C15H16F6N2O/c1-22-12-3-2-4-23(8-12)13(24)9-5-10(14(16,17)18)7-11(6-9)15(19,20)21/h5-7,12,22H,2-4,8H2,1H3. The highest BCUT2D eigenvalue weighted by molar-refractivity contribution is 5.94. The molecule has 24 heavy (non-hydrogen) atoms. The Hall–Kier alpha value is -1.77. The molecule has 1 N–H and O–H groups in total. The lowest BCUT2D eigenvalue weighted by Gasteiger charge is -2.32. The maximum absolute atomic E-state index is 12.9. The van der Waals surface area contributed by atoms with Crippen LogP contribution < -0.4 is 5.32 Å². The van der Waals surface area contributed by atoms with E-state index in [2.05, 4.69) is 5.32 Å². The summed E-state index contributed by atoms with van der Waals surface area (Å²) in [5.41, 5.74) is -3.57. The quantitative estimate of drug-likeness (QED) is 0.824. The van der Waals surface area contributed by atoms with Crippen LogP contribution in [-0.4, -0.2) is 37.0 Å². The molecule has 2 rings (SSSR count). The number of rotatable bonds is 2. The molecule has 0 bridgehead atoms. The van der Waals surface area contributed by atoms with Gasteiger partial charge in [-0.15, -0.1) is 0 Å². The zero-order valence-electron chi connectivity index (χ0n) is 12.8. The van der Waals surface area contributed by atoms with E-state index in [4.69, 9.17) is 0 Å². The second-order valence-corrected chi connectivity index (χ2v) is 5.67. The van der Waals surface area contributed by atoms with Crippen molar-refractivity contribution in [2.45, 2.75) is 31.2 Å². The maximum atomic E-state index is 12.9. The fourth-order valence-electron chi connectivity index (χ4n) is 2.66. The third-order valence-electron chi connectivity index (χ3n) is 3.95. The van der Waals surface area contributed by atoms with Crippen LogP contribution in [0.5, 0.6) is 0 Å².